The molecule has 0 aliphatic carbocycles. The quantitative estimate of drug-likeness (QED) is 0.842. The van der Waals surface area contributed by atoms with Crippen LogP contribution in [-0.4, -0.2) is 23.2 Å². The second-order valence-electron chi connectivity index (χ2n) is 3.88. The van der Waals surface area contributed by atoms with Crippen molar-refractivity contribution >= 4 is 22.9 Å². The molecule has 1 N–H and O–H groups in total. The molecule has 1 heterocycles. The van der Waals surface area contributed by atoms with Gasteiger partial charge in [0, 0.05) is 17.2 Å². The van der Waals surface area contributed by atoms with Gasteiger partial charge in [-0.05, 0) is 30.7 Å². The van der Waals surface area contributed by atoms with Crippen LogP contribution in [0.4, 0.5) is 0 Å². The van der Waals surface area contributed by atoms with E-state index in [1.807, 2.05) is 31.2 Å². The van der Waals surface area contributed by atoms with E-state index < -0.39 is 5.97 Å². The Hall–Kier alpha value is -2.36. The lowest BCUT2D eigenvalue weighted by Crippen LogP contribution is -1.92. The topological polar surface area (TPSA) is 59.4 Å². The Bertz CT molecular complexity index is 632. The summed E-state index contributed by atoms with van der Waals surface area (Å²) in [6.07, 6.45) is 2.69. The van der Waals surface area contributed by atoms with Crippen molar-refractivity contribution in [2.45, 2.75) is 6.92 Å². The number of benzene rings is 1. The second kappa shape index (κ2) is 4.87. The molecule has 2 aromatic rings. The third-order valence-corrected chi connectivity index (χ3v) is 2.59. The molecular formula is C14H13NO3. The fourth-order valence-corrected chi connectivity index (χ4v) is 1.85. The van der Waals surface area contributed by atoms with Gasteiger partial charge in [-0.25, -0.2) is 9.78 Å². The highest BCUT2D eigenvalue weighted by molar-refractivity contribution is 5.95. The van der Waals surface area contributed by atoms with Crippen LogP contribution in [0.25, 0.3) is 17.0 Å². The van der Waals surface area contributed by atoms with Crippen LogP contribution < -0.4 is 4.74 Å². The molecule has 18 heavy (non-hydrogen) atoms. The van der Waals surface area contributed by atoms with Crippen LogP contribution in [0.15, 0.2) is 30.3 Å². The second-order valence-corrected chi connectivity index (χ2v) is 3.88. The van der Waals surface area contributed by atoms with Gasteiger partial charge in [0.2, 0.25) is 0 Å². The maximum atomic E-state index is 10.6. The lowest BCUT2D eigenvalue weighted by atomic mass is 10.1. The maximum absolute atomic E-state index is 10.6. The van der Waals surface area contributed by atoms with Crippen LogP contribution in [-0.2, 0) is 4.79 Å². The molecular weight excluding hydrogens is 230 g/mol. The van der Waals surface area contributed by atoms with Gasteiger partial charge in [-0.3, -0.25) is 0 Å². The van der Waals surface area contributed by atoms with Crippen molar-refractivity contribution in [2.75, 3.05) is 7.11 Å². The fourth-order valence-electron chi connectivity index (χ4n) is 1.85. The van der Waals surface area contributed by atoms with Gasteiger partial charge in [0.05, 0.1) is 7.11 Å². The highest BCUT2D eigenvalue weighted by Gasteiger charge is 2.06. The Labute approximate surface area is 105 Å². The number of pyridine rings is 1. The maximum Gasteiger partial charge on any atom is 0.328 e. The number of hydrogen-bond acceptors (Lipinski definition) is 3. The predicted octanol–water partition coefficient (Wildman–Crippen LogP) is 2.65. The third kappa shape index (κ3) is 2.32. The molecule has 0 radical (unpaired) electrons. The normalized spacial score (nSPS) is 11.0. The number of aromatic nitrogens is 1. The Kier molecular flexibility index (Phi) is 3.28. The van der Waals surface area contributed by atoms with Crippen molar-refractivity contribution in [1.29, 1.82) is 0 Å². The van der Waals surface area contributed by atoms with Gasteiger partial charge in [-0.15, -0.1) is 0 Å². The zero-order chi connectivity index (χ0) is 13.1. The minimum atomic E-state index is -0.972. The Morgan fingerprint density at radius 3 is 2.89 bits per heavy atom. The van der Waals surface area contributed by atoms with Crippen molar-refractivity contribution in [1.82, 2.24) is 4.98 Å². The number of fused-ring (bicyclic) bond motifs is 1. The minimum absolute atomic E-state index is 0.682. The van der Waals surface area contributed by atoms with Gasteiger partial charge >= 0.3 is 5.97 Å². The molecule has 0 spiro atoms. The summed E-state index contributed by atoms with van der Waals surface area (Å²) in [7, 11) is 1.59. The number of aliphatic carboxylic acids is 1. The number of para-hydroxylation sites is 1. The molecule has 0 amide bonds. The third-order valence-electron chi connectivity index (χ3n) is 2.59. The molecule has 0 atom stereocenters. The van der Waals surface area contributed by atoms with Crippen molar-refractivity contribution < 1.29 is 14.6 Å². The standard InChI is InChI=1S/C14H13NO3/c1-9-8-10(6-7-13(16)17)11-4-3-5-12(18-2)14(11)15-9/h3-8H,1-2H3,(H,16,17)/b7-6+. The van der Waals surface area contributed by atoms with Crippen molar-refractivity contribution in [3.8, 4) is 5.75 Å². The molecule has 0 bridgehead atoms. The van der Waals surface area contributed by atoms with Gasteiger partial charge in [0.25, 0.3) is 0 Å². The number of carbonyl (C=O) groups is 1. The van der Waals surface area contributed by atoms with E-state index in [2.05, 4.69) is 4.98 Å². The van der Waals surface area contributed by atoms with Crippen LogP contribution in [0.1, 0.15) is 11.3 Å². The molecule has 92 valence electrons. The number of nitrogens with zero attached hydrogens (tertiary/aromatic N) is 1. The summed E-state index contributed by atoms with van der Waals surface area (Å²) in [5.74, 6) is -0.290. The minimum Gasteiger partial charge on any atom is -0.494 e. The summed E-state index contributed by atoms with van der Waals surface area (Å²) < 4.78 is 5.26. The number of rotatable bonds is 3. The first-order chi connectivity index (χ1) is 8.61. The van der Waals surface area contributed by atoms with E-state index in [0.29, 0.717) is 5.75 Å². The lowest BCUT2D eigenvalue weighted by Gasteiger charge is -2.08. The number of aryl methyl sites for hydroxylation is 1. The van der Waals surface area contributed by atoms with E-state index in [1.54, 1.807) is 13.2 Å². The molecule has 0 saturated heterocycles. The van der Waals surface area contributed by atoms with Gasteiger partial charge < -0.3 is 9.84 Å². The monoisotopic (exact) mass is 243 g/mol. The number of carboxylic acids is 1. The molecule has 0 aliphatic rings. The molecule has 0 aliphatic heterocycles. The van der Waals surface area contributed by atoms with E-state index in [0.717, 1.165) is 28.2 Å². The van der Waals surface area contributed by atoms with Crippen LogP contribution in [0.2, 0.25) is 0 Å². The fraction of sp³-hybridized carbons (Fsp3) is 0.143. The lowest BCUT2D eigenvalue weighted by molar-refractivity contribution is -0.131. The molecule has 2 rings (SSSR count). The Morgan fingerprint density at radius 2 is 2.22 bits per heavy atom. The van der Waals surface area contributed by atoms with E-state index in [1.165, 1.54) is 0 Å². The van der Waals surface area contributed by atoms with E-state index in [9.17, 15) is 4.79 Å². The summed E-state index contributed by atoms with van der Waals surface area (Å²) in [6, 6.07) is 7.43. The highest BCUT2D eigenvalue weighted by Crippen LogP contribution is 2.27. The summed E-state index contributed by atoms with van der Waals surface area (Å²) in [6.45, 7) is 1.87. The van der Waals surface area contributed by atoms with Crippen molar-refractivity contribution in [2.24, 2.45) is 0 Å². The van der Waals surface area contributed by atoms with Gasteiger partial charge in [0.15, 0.2) is 0 Å². The molecule has 1 aromatic carbocycles. The molecule has 0 saturated carbocycles. The number of ether oxygens (including phenoxy) is 1. The van der Waals surface area contributed by atoms with Crippen molar-refractivity contribution in [3.05, 3.63) is 41.6 Å². The average Bonchev–Trinajstić information content (AvgIpc) is 2.35. The van der Waals surface area contributed by atoms with Gasteiger partial charge in [-0.1, -0.05) is 12.1 Å². The van der Waals surface area contributed by atoms with Crippen molar-refractivity contribution in [3.63, 3.8) is 0 Å². The summed E-state index contributed by atoms with van der Waals surface area (Å²) >= 11 is 0. The number of carboxylic acid groups (broad SMARTS) is 1. The number of methoxy groups -OCH3 is 1. The summed E-state index contributed by atoms with van der Waals surface area (Å²) in [4.78, 5) is 15.0. The first-order valence-corrected chi connectivity index (χ1v) is 5.47. The van der Waals surface area contributed by atoms with Crippen LogP contribution >= 0.6 is 0 Å². The first-order valence-electron chi connectivity index (χ1n) is 5.47. The summed E-state index contributed by atoms with van der Waals surface area (Å²) in [5, 5.41) is 9.56. The smallest absolute Gasteiger partial charge is 0.328 e. The van der Waals surface area contributed by atoms with E-state index >= 15 is 0 Å². The van der Waals surface area contributed by atoms with Crippen LogP contribution in [0.3, 0.4) is 0 Å². The Balaban J connectivity index is 2.70. The van der Waals surface area contributed by atoms with E-state index in [4.69, 9.17) is 9.84 Å². The van der Waals surface area contributed by atoms with E-state index in [-0.39, 0.29) is 0 Å². The van der Waals surface area contributed by atoms with Gasteiger partial charge in [-0.2, -0.15) is 0 Å². The molecule has 4 heteroatoms. The molecule has 0 unspecified atom stereocenters. The largest absolute Gasteiger partial charge is 0.494 e. The van der Waals surface area contributed by atoms with Gasteiger partial charge in [0.1, 0.15) is 11.3 Å². The zero-order valence-corrected chi connectivity index (χ0v) is 10.2. The first kappa shape index (κ1) is 12.1. The highest BCUT2D eigenvalue weighted by atomic mass is 16.5. The molecule has 1 aromatic heterocycles. The van der Waals surface area contributed by atoms with Crippen LogP contribution in [0, 0.1) is 6.92 Å². The predicted molar refractivity (Wildman–Crippen MR) is 69.7 cm³/mol. The molecule has 0 fully saturated rings. The summed E-state index contributed by atoms with van der Waals surface area (Å²) in [5.41, 5.74) is 2.38. The SMILES string of the molecule is COc1cccc2c(/C=C/C(=O)O)cc(C)nc12. The molecule has 4 nitrogen and oxygen atoms in total. The Morgan fingerprint density at radius 1 is 1.44 bits per heavy atom. The zero-order valence-electron chi connectivity index (χ0n) is 10.2. The average molecular weight is 243 g/mol. The number of hydrogen-bond donors (Lipinski definition) is 1. The van der Waals surface area contributed by atoms with Crippen LogP contribution in [0.5, 0.6) is 5.75 Å².